The number of rotatable bonds is 7. The lowest BCUT2D eigenvalue weighted by Gasteiger charge is -2.25. The van der Waals surface area contributed by atoms with Gasteiger partial charge in [-0.2, -0.15) is 0 Å². The zero-order chi connectivity index (χ0) is 14.5. The number of aliphatic carboxylic acids is 1. The largest absolute Gasteiger partial charge is 0.488 e. The van der Waals surface area contributed by atoms with Crippen molar-refractivity contribution in [3.63, 3.8) is 0 Å². The molecule has 0 bridgehead atoms. The fourth-order valence-corrected chi connectivity index (χ4v) is 1.64. The van der Waals surface area contributed by atoms with Crippen LogP contribution in [0.5, 0.6) is 5.75 Å². The highest BCUT2D eigenvalue weighted by Gasteiger charge is 2.31. The first-order valence-electron chi connectivity index (χ1n) is 5.96. The Balaban J connectivity index is 2.65. The van der Waals surface area contributed by atoms with Gasteiger partial charge < -0.3 is 15.2 Å². The number of hydrogen-bond donors (Lipinski definition) is 2. The second-order valence-electron chi connectivity index (χ2n) is 4.32. The molecule has 0 aliphatic rings. The molecule has 0 heterocycles. The molecule has 0 amide bonds. The highest BCUT2D eigenvalue weighted by atomic mass is 19.1. The first-order chi connectivity index (χ1) is 8.90. The van der Waals surface area contributed by atoms with Crippen LogP contribution in [0.1, 0.15) is 20.3 Å². The summed E-state index contributed by atoms with van der Waals surface area (Å²) in [7, 11) is 0. The van der Waals surface area contributed by atoms with E-state index in [0.717, 1.165) is 12.1 Å². The molecule has 106 valence electrons. The third kappa shape index (κ3) is 3.89. The van der Waals surface area contributed by atoms with E-state index in [1.807, 2.05) is 0 Å². The Kier molecular flexibility index (Phi) is 5.23. The minimum absolute atomic E-state index is 0.0872. The van der Waals surface area contributed by atoms with E-state index in [1.54, 1.807) is 6.92 Å². The molecular weight excluding hydrogens is 256 g/mol. The van der Waals surface area contributed by atoms with Crippen LogP contribution >= 0.6 is 0 Å². The SMILES string of the molecule is CCNC(C)(CCOc1c(F)cccc1F)C(=O)O. The molecule has 0 radical (unpaired) electrons. The van der Waals surface area contributed by atoms with Crippen molar-refractivity contribution < 1.29 is 23.4 Å². The lowest BCUT2D eigenvalue weighted by atomic mass is 9.98. The van der Waals surface area contributed by atoms with E-state index in [1.165, 1.54) is 13.0 Å². The molecule has 1 unspecified atom stereocenters. The van der Waals surface area contributed by atoms with E-state index in [4.69, 9.17) is 9.84 Å². The van der Waals surface area contributed by atoms with Gasteiger partial charge in [0.15, 0.2) is 17.4 Å². The normalized spacial score (nSPS) is 13.9. The van der Waals surface area contributed by atoms with Crippen LogP contribution in [-0.2, 0) is 4.79 Å². The molecule has 1 aromatic carbocycles. The summed E-state index contributed by atoms with van der Waals surface area (Å²) in [4.78, 5) is 11.1. The Labute approximate surface area is 110 Å². The quantitative estimate of drug-likeness (QED) is 0.799. The first-order valence-corrected chi connectivity index (χ1v) is 5.96. The second kappa shape index (κ2) is 6.47. The molecular formula is C13H17F2NO3. The van der Waals surface area contributed by atoms with Crippen molar-refractivity contribution in [3.8, 4) is 5.75 Å². The van der Waals surface area contributed by atoms with Gasteiger partial charge in [0, 0.05) is 6.42 Å². The van der Waals surface area contributed by atoms with Crippen molar-refractivity contribution in [2.75, 3.05) is 13.2 Å². The van der Waals surface area contributed by atoms with Gasteiger partial charge in [-0.1, -0.05) is 13.0 Å². The van der Waals surface area contributed by atoms with Crippen molar-refractivity contribution in [2.24, 2.45) is 0 Å². The number of halogens is 2. The summed E-state index contributed by atoms with van der Waals surface area (Å²) >= 11 is 0. The van der Waals surface area contributed by atoms with Crippen LogP contribution in [0.15, 0.2) is 18.2 Å². The maximum Gasteiger partial charge on any atom is 0.323 e. The summed E-state index contributed by atoms with van der Waals surface area (Å²) in [6.07, 6.45) is 0.0872. The van der Waals surface area contributed by atoms with Crippen LogP contribution in [0.2, 0.25) is 0 Å². The fraction of sp³-hybridized carbons (Fsp3) is 0.462. The van der Waals surface area contributed by atoms with Crippen LogP contribution in [0.3, 0.4) is 0 Å². The monoisotopic (exact) mass is 273 g/mol. The van der Waals surface area contributed by atoms with Gasteiger partial charge in [0.25, 0.3) is 0 Å². The fourth-order valence-electron chi connectivity index (χ4n) is 1.64. The van der Waals surface area contributed by atoms with Gasteiger partial charge in [-0.3, -0.25) is 4.79 Å². The standard InChI is InChI=1S/C13H17F2NO3/c1-3-16-13(2,12(17)18)7-8-19-11-9(14)5-4-6-10(11)15/h4-6,16H,3,7-8H2,1-2H3,(H,17,18). The highest BCUT2D eigenvalue weighted by Crippen LogP contribution is 2.21. The number of para-hydroxylation sites is 1. The molecule has 0 aliphatic heterocycles. The zero-order valence-electron chi connectivity index (χ0n) is 10.9. The third-order valence-electron chi connectivity index (χ3n) is 2.81. The number of benzene rings is 1. The van der Waals surface area contributed by atoms with E-state index in [0.29, 0.717) is 6.54 Å². The Morgan fingerprint density at radius 1 is 1.42 bits per heavy atom. The van der Waals surface area contributed by atoms with Crippen LogP contribution in [-0.4, -0.2) is 29.8 Å². The molecule has 19 heavy (non-hydrogen) atoms. The average molecular weight is 273 g/mol. The molecule has 2 N–H and O–H groups in total. The molecule has 0 saturated heterocycles. The summed E-state index contributed by atoms with van der Waals surface area (Å²) in [5.41, 5.74) is -1.18. The molecule has 1 aromatic rings. The summed E-state index contributed by atoms with van der Waals surface area (Å²) in [5, 5.41) is 11.9. The molecule has 0 aromatic heterocycles. The Morgan fingerprint density at radius 2 is 2.00 bits per heavy atom. The maximum absolute atomic E-state index is 13.3. The van der Waals surface area contributed by atoms with Crippen molar-refractivity contribution >= 4 is 5.97 Å². The average Bonchev–Trinajstić information content (AvgIpc) is 2.33. The topological polar surface area (TPSA) is 58.6 Å². The van der Waals surface area contributed by atoms with Crippen LogP contribution in [0.4, 0.5) is 8.78 Å². The molecule has 0 spiro atoms. The molecule has 1 rings (SSSR count). The van der Waals surface area contributed by atoms with Gasteiger partial charge >= 0.3 is 5.97 Å². The second-order valence-corrected chi connectivity index (χ2v) is 4.32. The minimum atomic E-state index is -1.18. The molecule has 4 nitrogen and oxygen atoms in total. The predicted molar refractivity (Wildman–Crippen MR) is 66.2 cm³/mol. The van der Waals surface area contributed by atoms with E-state index in [2.05, 4.69) is 5.32 Å². The van der Waals surface area contributed by atoms with E-state index in [-0.39, 0.29) is 13.0 Å². The predicted octanol–water partition coefficient (Wildman–Crippen LogP) is 2.19. The number of likely N-dealkylation sites (N-methyl/N-ethyl adjacent to an activating group) is 1. The number of carboxylic acids is 1. The van der Waals surface area contributed by atoms with Gasteiger partial charge in [-0.25, -0.2) is 8.78 Å². The lowest BCUT2D eigenvalue weighted by Crippen LogP contribution is -2.50. The number of nitrogens with one attached hydrogen (secondary N) is 1. The Morgan fingerprint density at radius 3 is 2.47 bits per heavy atom. The molecule has 0 saturated carbocycles. The lowest BCUT2D eigenvalue weighted by molar-refractivity contribution is -0.144. The van der Waals surface area contributed by atoms with Gasteiger partial charge in [0.05, 0.1) is 6.61 Å². The number of hydrogen-bond acceptors (Lipinski definition) is 3. The number of carbonyl (C=O) groups is 1. The minimum Gasteiger partial charge on any atom is -0.488 e. The molecule has 6 heteroatoms. The molecule has 0 fully saturated rings. The number of carboxylic acid groups (broad SMARTS) is 1. The Hall–Kier alpha value is -1.69. The molecule has 0 aliphatic carbocycles. The highest BCUT2D eigenvalue weighted by molar-refractivity contribution is 5.78. The summed E-state index contributed by atoms with van der Waals surface area (Å²) < 4.78 is 31.6. The smallest absolute Gasteiger partial charge is 0.323 e. The van der Waals surface area contributed by atoms with Crippen molar-refractivity contribution in [3.05, 3.63) is 29.8 Å². The van der Waals surface area contributed by atoms with Gasteiger partial charge in [-0.15, -0.1) is 0 Å². The van der Waals surface area contributed by atoms with Gasteiger partial charge in [0.1, 0.15) is 5.54 Å². The van der Waals surface area contributed by atoms with Crippen LogP contribution in [0.25, 0.3) is 0 Å². The summed E-state index contributed by atoms with van der Waals surface area (Å²) in [6.45, 7) is 3.64. The third-order valence-corrected chi connectivity index (χ3v) is 2.81. The summed E-state index contributed by atoms with van der Waals surface area (Å²) in [6, 6.07) is 3.40. The van der Waals surface area contributed by atoms with E-state index < -0.39 is 28.9 Å². The Bertz CT molecular complexity index is 433. The van der Waals surface area contributed by atoms with Crippen molar-refractivity contribution in [1.82, 2.24) is 5.32 Å². The van der Waals surface area contributed by atoms with E-state index >= 15 is 0 Å². The molecule has 1 atom stereocenters. The summed E-state index contributed by atoms with van der Waals surface area (Å²) in [5.74, 6) is -3.13. The van der Waals surface area contributed by atoms with Crippen LogP contribution in [0, 0.1) is 11.6 Å². The maximum atomic E-state index is 13.3. The van der Waals surface area contributed by atoms with Crippen LogP contribution < -0.4 is 10.1 Å². The first kappa shape index (κ1) is 15.4. The van der Waals surface area contributed by atoms with E-state index in [9.17, 15) is 13.6 Å². The van der Waals surface area contributed by atoms with Gasteiger partial charge in [0.2, 0.25) is 0 Å². The number of ether oxygens (including phenoxy) is 1. The van der Waals surface area contributed by atoms with Crippen molar-refractivity contribution in [2.45, 2.75) is 25.8 Å². The van der Waals surface area contributed by atoms with Gasteiger partial charge in [-0.05, 0) is 25.6 Å². The zero-order valence-corrected chi connectivity index (χ0v) is 10.9. The van der Waals surface area contributed by atoms with Crippen molar-refractivity contribution in [1.29, 1.82) is 0 Å².